The number of hydrogen-bond donors (Lipinski definition) is 1. The van der Waals surface area contributed by atoms with E-state index in [0.29, 0.717) is 17.3 Å². The second kappa shape index (κ2) is 6.48. The van der Waals surface area contributed by atoms with Crippen molar-refractivity contribution in [2.24, 2.45) is 10.8 Å². The van der Waals surface area contributed by atoms with E-state index in [1.165, 1.54) is 17.8 Å². The van der Waals surface area contributed by atoms with Gasteiger partial charge in [-0.1, -0.05) is 20.8 Å². The minimum atomic E-state index is -0.161. The van der Waals surface area contributed by atoms with Gasteiger partial charge in [0.15, 0.2) is 0 Å². The summed E-state index contributed by atoms with van der Waals surface area (Å²) in [6, 6.07) is 2.11. The summed E-state index contributed by atoms with van der Waals surface area (Å²) in [4.78, 5) is 27.1. The van der Waals surface area contributed by atoms with E-state index in [1.807, 2.05) is 5.38 Å². The molecule has 1 saturated carbocycles. The molecule has 2 amide bonds. The van der Waals surface area contributed by atoms with Gasteiger partial charge < -0.3 is 10.2 Å². The van der Waals surface area contributed by atoms with Crippen molar-refractivity contribution in [1.82, 2.24) is 14.7 Å². The zero-order valence-corrected chi connectivity index (χ0v) is 16.9. The Morgan fingerprint density at radius 3 is 2.89 bits per heavy atom. The Hall–Kier alpha value is -2.15. The van der Waals surface area contributed by atoms with E-state index >= 15 is 0 Å². The van der Waals surface area contributed by atoms with Crippen LogP contribution >= 0.6 is 11.3 Å². The standard InChI is InChI=1S/C20H26N4O2S/c1-19(2)6-16-7-20(3,12-19)13-24(16)17(25)10-23-9-15(8-21-23)22-18(26)14-4-5-27-11-14/h4-5,8-9,11,16H,6-7,10,12-13H2,1-3H3,(H,22,26)/t16-,20-/m0/s1. The zero-order chi connectivity index (χ0) is 19.2. The summed E-state index contributed by atoms with van der Waals surface area (Å²) in [7, 11) is 0. The largest absolute Gasteiger partial charge is 0.338 e. The zero-order valence-electron chi connectivity index (χ0n) is 16.1. The Morgan fingerprint density at radius 2 is 2.15 bits per heavy atom. The van der Waals surface area contributed by atoms with Crippen LogP contribution in [0.25, 0.3) is 0 Å². The lowest BCUT2D eigenvalue weighted by atomic mass is 9.65. The molecule has 3 heterocycles. The molecule has 2 bridgehead atoms. The second-order valence-electron chi connectivity index (χ2n) is 9.13. The highest BCUT2D eigenvalue weighted by atomic mass is 32.1. The van der Waals surface area contributed by atoms with Gasteiger partial charge >= 0.3 is 0 Å². The van der Waals surface area contributed by atoms with Crippen LogP contribution in [-0.2, 0) is 11.3 Å². The number of amides is 2. The topological polar surface area (TPSA) is 67.2 Å². The fourth-order valence-electron chi connectivity index (χ4n) is 5.09. The third-order valence-electron chi connectivity index (χ3n) is 5.71. The van der Waals surface area contributed by atoms with Crippen LogP contribution in [-0.4, -0.2) is 39.1 Å². The van der Waals surface area contributed by atoms with E-state index in [9.17, 15) is 9.59 Å². The van der Waals surface area contributed by atoms with Crippen molar-refractivity contribution in [3.63, 3.8) is 0 Å². The number of nitrogens with one attached hydrogen (secondary N) is 1. The van der Waals surface area contributed by atoms with Crippen molar-refractivity contribution < 1.29 is 9.59 Å². The van der Waals surface area contributed by atoms with Crippen LogP contribution in [0.4, 0.5) is 5.69 Å². The highest BCUT2D eigenvalue weighted by molar-refractivity contribution is 7.08. The maximum absolute atomic E-state index is 12.9. The molecule has 1 aliphatic heterocycles. The van der Waals surface area contributed by atoms with Crippen LogP contribution in [0.2, 0.25) is 0 Å². The molecule has 2 fully saturated rings. The summed E-state index contributed by atoms with van der Waals surface area (Å²) in [6.07, 6.45) is 6.64. The number of rotatable bonds is 4. The number of aromatic nitrogens is 2. The van der Waals surface area contributed by atoms with Gasteiger partial charge in [-0.05, 0) is 41.5 Å². The predicted octanol–water partition coefficient (Wildman–Crippen LogP) is 3.62. The molecule has 1 aliphatic carbocycles. The molecule has 2 atom stereocenters. The van der Waals surface area contributed by atoms with Crippen molar-refractivity contribution in [3.8, 4) is 0 Å². The summed E-state index contributed by atoms with van der Waals surface area (Å²) < 4.78 is 1.61. The summed E-state index contributed by atoms with van der Waals surface area (Å²) >= 11 is 1.48. The second-order valence-corrected chi connectivity index (χ2v) is 9.91. The van der Waals surface area contributed by atoms with Gasteiger partial charge in [-0.25, -0.2) is 0 Å². The maximum atomic E-state index is 12.9. The third-order valence-corrected chi connectivity index (χ3v) is 6.39. The molecule has 7 heteroatoms. The van der Waals surface area contributed by atoms with Gasteiger partial charge in [-0.2, -0.15) is 16.4 Å². The first-order chi connectivity index (χ1) is 12.7. The van der Waals surface area contributed by atoms with E-state index in [0.717, 1.165) is 19.4 Å². The molecule has 27 heavy (non-hydrogen) atoms. The Morgan fingerprint density at radius 1 is 1.33 bits per heavy atom. The fourth-order valence-corrected chi connectivity index (χ4v) is 5.73. The SMILES string of the molecule is CC1(C)C[C@H]2C[C@](C)(CN2C(=O)Cn2cc(NC(=O)c3ccsc3)cn2)C1. The first kappa shape index (κ1) is 18.2. The van der Waals surface area contributed by atoms with Gasteiger partial charge in [0.2, 0.25) is 5.91 Å². The number of anilines is 1. The monoisotopic (exact) mass is 386 g/mol. The molecule has 2 aromatic rings. The lowest BCUT2D eigenvalue weighted by molar-refractivity contribution is -0.133. The number of likely N-dealkylation sites (tertiary alicyclic amines) is 1. The Balaban J connectivity index is 1.39. The molecule has 4 rings (SSSR count). The van der Waals surface area contributed by atoms with Crippen LogP contribution in [0.5, 0.6) is 0 Å². The van der Waals surface area contributed by atoms with Crippen LogP contribution in [0.15, 0.2) is 29.2 Å². The van der Waals surface area contributed by atoms with Crippen LogP contribution in [0, 0.1) is 10.8 Å². The number of nitrogens with zero attached hydrogens (tertiary/aromatic N) is 3. The molecule has 2 aliphatic rings. The van der Waals surface area contributed by atoms with Gasteiger partial charge in [0.1, 0.15) is 6.54 Å². The normalized spacial score (nSPS) is 26.2. The van der Waals surface area contributed by atoms with Crippen molar-refractivity contribution in [3.05, 3.63) is 34.8 Å². The number of carbonyl (C=O) groups is 2. The van der Waals surface area contributed by atoms with Gasteiger partial charge in [-0.15, -0.1) is 0 Å². The Kier molecular flexibility index (Phi) is 4.37. The maximum Gasteiger partial charge on any atom is 0.256 e. The van der Waals surface area contributed by atoms with Gasteiger partial charge in [0.25, 0.3) is 5.91 Å². The summed E-state index contributed by atoms with van der Waals surface area (Å²) in [5.41, 5.74) is 1.75. The molecule has 6 nitrogen and oxygen atoms in total. The smallest absolute Gasteiger partial charge is 0.256 e. The van der Waals surface area contributed by atoms with Crippen LogP contribution in [0.3, 0.4) is 0 Å². The number of fused-ring (bicyclic) bond motifs is 2. The number of thiophene rings is 1. The van der Waals surface area contributed by atoms with E-state index in [2.05, 4.69) is 36.1 Å². The fraction of sp³-hybridized carbons (Fsp3) is 0.550. The molecular formula is C20H26N4O2S. The van der Waals surface area contributed by atoms with Crippen LogP contribution < -0.4 is 5.32 Å². The average Bonchev–Trinajstić information content (AvgIpc) is 3.26. The lowest BCUT2D eigenvalue weighted by Crippen LogP contribution is -2.39. The molecule has 0 spiro atoms. The van der Waals surface area contributed by atoms with Gasteiger partial charge in [-0.3, -0.25) is 14.3 Å². The Bertz CT molecular complexity index is 857. The van der Waals surface area contributed by atoms with Crippen molar-refractivity contribution in [2.75, 3.05) is 11.9 Å². The molecule has 1 saturated heterocycles. The molecular weight excluding hydrogens is 360 g/mol. The third kappa shape index (κ3) is 3.78. The molecule has 0 radical (unpaired) electrons. The summed E-state index contributed by atoms with van der Waals surface area (Å²) in [5, 5.41) is 10.7. The molecule has 1 N–H and O–H groups in total. The highest BCUT2D eigenvalue weighted by Crippen LogP contribution is 2.52. The van der Waals surface area contributed by atoms with E-state index in [-0.39, 0.29) is 29.2 Å². The summed E-state index contributed by atoms with van der Waals surface area (Å²) in [6.45, 7) is 7.97. The van der Waals surface area contributed by atoms with Crippen LogP contribution in [0.1, 0.15) is 50.4 Å². The van der Waals surface area contributed by atoms with Gasteiger partial charge in [0.05, 0.1) is 17.4 Å². The minimum absolute atomic E-state index is 0.111. The van der Waals surface area contributed by atoms with E-state index < -0.39 is 0 Å². The first-order valence-electron chi connectivity index (χ1n) is 9.39. The Labute approximate surface area is 163 Å². The molecule has 0 aromatic carbocycles. The lowest BCUT2D eigenvalue weighted by Gasteiger charge is -2.39. The molecule has 2 aromatic heterocycles. The highest BCUT2D eigenvalue weighted by Gasteiger charge is 2.50. The minimum Gasteiger partial charge on any atom is -0.338 e. The molecule has 144 valence electrons. The molecule has 0 unspecified atom stereocenters. The first-order valence-corrected chi connectivity index (χ1v) is 10.3. The van der Waals surface area contributed by atoms with E-state index in [1.54, 1.807) is 28.5 Å². The average molecular weight is 387 g/mol. The predicted molar refractivity (Wildman–Crippen MR) is 106 cm³/mol. The van der Waals surface area contributed by atoms with E-state index in [4.69, 9.17) is 0 Å². The van der Waals surface area contributed by atoms with Crippen molar-refractivity contribution in [1.29, 1.82) is 0 Å². The quantitative estimate of drug-likeness (QED) is 0.873. The number of hydrogen-bond acceptors (Lipinski definition) is 4. The van der Waals surface area contributed by atoms with Crippen molar-refractivity contribution >= 4 is 28.8 Å². The van der Waals surface area contributed by atoms with Crippen molar-refractivity contribution in [2.45, 2.75) is 52.6 Å². The van der Waals surface area contributed by atoms with Gasteiger partial charge in [0, 0.05) is 24.2 Å². The summed E-state index contributed by atoms with van der Waals surface area (Å²) in [5.74, 6) is -0.0501. The number of carbonyl (C=O) groups excluding carboxylic acids is 2.